The van der Waals surface area contributed by atoms with Gasteiger partial charge in [0, 0.05) is 44.4 Å². The van der Waals surface area contributed by atoms with Crippen LogP contribution in [0.1, 0.15) is 32.2 Å². The van der Waals surface area contributed by atoms with E-state index in [2.05, 4.69) is 70.3 Å². The summed E-state index contributed by atoms with van der Waals surface area (Å²) in [4.78, 5) is 9.15. The Morgan fingerprint density at radius 3 is 2.62 bits per heavy atom. The summed E-state index contributed by atoms with van der Waals surface area (Å²) in [5, 5.41) is 11.0. The fraction of sp³-hybridized carbons (Fsp3) is 0.409. The molecule has 0 saturated heterocycles. The van der Waals surface area contributed by atoms with E-state index in [-0.39, 0.29) is 0 Å². The van der Waals surface area contributed by atoms with Gasteiger partial charge in [0.2, 0.25) is 0 Å². The zero-order chi connectivity index (χ0) is 20.5. The number of benzene rings is 1. The molecule has 3 aromatic rings. The summed E-state index contributed by atoms with van der Waals surface area (Å²) in [7, 11) is 0. The van der Waals surface area contributed by atoms with Crippen LogP contribution in [-0.2, 0) is 19.5 Å². The lowest BCUT2D eigenvalue weighted by Gasteiger charge is -2.12. The highest BCUT2D eigenvalue weighted by Crippen LogP contribution is 2.09. The van der Waals surface area contributed by atoms with Gasteiger partial charge in [0.15, 0.2) is 5.96 Å². The summed E-state index contributed by atoms with van der Waals surface area (Å²) >= 11 is 0. The van der Waals surface area contributed by atoms with Crippen molar-refractivity contribution in [3.63, 3.8) is 0 Å². The van der Waals surface area contributed by atoms with E-state index in [1.54, 1.807) is 6.20 Å². The number of nitrogens with one attached hydrogen (secondary N) is 2. The second kappa shape index (κ2) is 10.5. The van der Waals surface area contributed by atoms with Crippen LogP contribution in [0.4, 0.5) is 0 Å². The van der Waals surface area contributed by atoms with Crippen molar-refractivity contribution in [1.29, 1.82) is 0 Å². The quantitative estimate of drug-likeness (QED) is 0.433. The van der Waals surface area contributed by atoms with Crippen LogP contribution in [0.3, 0.4) is 0 Å². The first kappa shape index (κ1) is 20.6. The number of guanidine groups is 1. The maximum absolute atomic E-state index is 4.70. The molecule has 0 unspecified atom stereocenters. The lowest BCUT2D eigenvalue weighted by atomic mass is 10.1. The molecule has 0 saturated carbocycles. The molecule has 0 radical (unpaired) electrons. The molecule has 0 aliphatic heterocycles. The summed E-state index contributed by atoms with van der Waals surface area (Å²) in [5.41, 5.74) is 2.34. The number of imidazole rings is 1. The average molecular weight is 394 g/mol. The predicted octanol–water partition coefficient (Wildman–Crippen LogP) is 3.02. The minimum atomic E-state index is 0.563. The summed E-state index contributed by atoms with van der Waals surface area (Å²) in [6.07, 6.45) is 8.53. The highest BCUT2D eigenvalue weighted by molar-refractivity contribution is 5.79. The van der Waals surface area contributed by atoms with Crippen LogP contribution in [0, 0.1) is 5.92 Å². The van der Waals surface area contributed by atoms with Gasteiger partial charge in [-0.15, -0.1) is 0 Å². The van der Waals surface area contributed by atoms with Crippen LogP contribution in [0.2, 0.25) is 0 Å². The lowest BCUT2D eigenvalue weighted by molar-refractivity contribution is 0.507. The molecule has 3 rings (SSSR count). The molecule has 0 aliphatic rings. The van der Waals surface area contributed by atoms with E-state index in [1.165, 1.54) is 5.56 Å². The highest BCUT2D eigenvalue weighted by atomic mass is 15.3. The van der Waals surface area contributed by atoms with Gasteiger partial charge in [0.05, 0.1) is 5.69 Å². The first-order valence-electron chi connectivity index (χ1n) is 10.3. The second-order valence-corrected chi connectivity index (χ2v) is 7.38. The van der Waals surface area contributed by atoms with Crippen LogP contribution >= 0.6 is 0 Å². The summed E-state index contributed by atoms with van der Waals surface area (Å²) < 4.78 is 4.04. The Kier molecular flexibility index (Phi) is 7.44. The van der Waals surface area contributed by atoms with Gasteiger partial charge in [0.25, 0.3) is 0 Å². The normalized spacial score (nSPS) is 11.8. The molecule has 29 heavy (non-hydrogen) atoms. The molecule has 2 heterocycles. The van der Waals surface area contributed by atoms with Gasteiger partial charge in [0.1, 0.15) is 12.4 Å². The summed E-state index contributed by atoms with van der Waals surface area (Å²) in [6.45, 7) is 9.65. The van der Waals surface area contributed by atoms with Gasteiger partial charge >= 0.3 is 0 Å². The molecule has 7 heteroatoms. The molecule has 0 fully saturated rings. The van der Waals surface area contributed by atoms with Gasteiger partial charge in [-0.2, -0.15) is 5.10 Å². The topological polar surface area (TPSA) is 72.1 Å². The van der Waals surface area contributed by atoms with E-state index in [4.69, 9.17) is 4.99 Å². The van der Waals surface area contributed by atoms with Crippen LogP contribution < -0.4 is 10.6 Å². The number of rotatable bonds is 9. The van der Waals surface area contributed by atoms with E-state index in [0.29, 0.717) is 12.5 Å². The molecule has 7 nitrogen and oxygen atoms in total. The Morgan fingerprint density at radius 2 is 1.93 bits per heavy atom. The van der Waals surface area contributed by atoms with Gasteiger partial charge in [-0.3, -0.25) is 0 Å². The molecule has 2 aromatic heterocycles. The van der Waals surface area contributed by atoms with Crippen molar-refractivity contribution in [2.45, 2.75) is 40.3 Å². The first-order valence-corrected chi connectivity index (χ1v) is 10.3. The molecule has 0 amide bonds. The molecule has 0 bridgehead atoms. The number of hydrogen-bond donors (Lipinski definition) is 2. The van der Waals surface area contributed by atoms with Crippen molar-refractivity contribution < 1.29 is 0 Å². The van der Waals surface area contributed by atoms with Gasteiger partial charge in [-0.1, -0.05) is 26.0 Å². The van der Waals surface area contributed by atoms with E-state index >= 15 is 0 Å². The maximum atomic E-state index is 4.70. The van der Waals surface area contributed by atoms with Crippen LogP contribution in [0.25, 0.3) is 5.69 Å². The van der Waals surface area contributed by atoms with Crippen molar-refractivity contribution in [3.8, 4) is 5.69 Å². The number of hydrogen-bond acceptors (Lipinski definition) is 3. The van der Waals surface area contributed by atoms with Crippen molar-refractivity contribution in [2.75, 3.05) is 13.1 Å². The maximum Gasteiger partial charge on any atom is 0.191 e. The Labute approximate surface area is 172 Å². The molecular weight excluding hydrogens is 362 g/mol. The highest BCUT2D eigenvalue weighted by Gasteiger charge is 2.05. The minimum Gasteiger partial charge on any atom is -0.357 e. The van der Waals surface area contributed by atoms with Gasteiger partial charge < -0.3 is 15.2 Å². The minimum absolute atomic E-state index is 0.563. The van der Waals surface area contributed by atoms with Crippen molar-refractivity contribution in [1.82, 2.24) is 30.0 Å². The van der Waals surface area contributed by atoms with E-state index in [9.17, 15) is 0 Å². The molecular formula is C22H31N7. The third kappa shape index (κ3) is 6.20. The van der Waals surface area contributed by atoms with Gasteiger partial charge in [-0.25, -0.2) is 14.7 Å². The smallest absolute Gasteiger partial charge is 0.191 e. The predicted molar refractivity (Wildman–Crippen MR) is 117 cm³/mol. The van der Waals surface area contributed by atoms with Crippen molar-refractivity contribution in [2.24, 2.45) is 10.9 Å². The Morgan fingerprint density at radius 1 is 1.10 bits per heavy atom. The van der Waals surface area contributed by atoms with Crippen LogP contribution in [0.15, 0.2) is 60.1 Å². The number of aliphatic imine (C=N–C) groups is 1. The summed E-state index contributed by atoms with van der Waals surface area (Å²) in [5.74, 6) is 2.39. The monoisotopic (exact) mass is 393 g/mol. The number of nitrogens with zero attached hydrogens (tertiary/aromatic N) is 5. The van der Waals surface area contributed by atoms with E-state index < -0.39 is 0 Å². The Balaban J connectivity index is 1.53. The largest absolute Gasteiger partial charge is 0.357 e. The van der Waals surface area contributed by atoms with E-state index in [0.717, 1.165) is 43.5 Å². The molecule has 0 spiro atoms. The molecule has 1 aromatic carbocycles. The lowest BCUT2D eigenvalue weighted by Crippen LogP contribution is -2.38. The molecule has 0 aliphatic carbocycles. The fourth-order valence-electron chi connectivity index (χ4n) is 3.10. The van der Waals surface area contributed by atoms with Gasteiger partial charge in [-0.05, 0) is 43.0 Å². The SMILES string of the molecule is CCNC(=NCc1nccn1CC(C)C)NCCc1ccc(-n2cccn2)cc1. The summed E-state index contributed by atoms with van der Waals surface area (Å²) in [6, 6.07) is 10.4. The zero-order valence-electron chi connectivity index (χ0n) is 17.5. The third-order valence-corrected chi connectivity index (χ3v) is 4.50. The standard InChI is InChI=1S/C22H31N7/c1-4-23-22(26-16-21-24-13-15-28(21)17-18(2)3)25-12-10-19-6-8-20(9-7-19)29-14-5-11-27-29/h5-9,11,13-15,18H,4,10,12,16-17H2,1-3H3,(H2,23,25,26). The molecule has 0 atom stereocenters. The average Bonchev–Trinajstić information content (AvgIpc) is 3.38. The number of aromatic nitrogens is 4. The van der Waals surface area contributed by atoms with E-state index in [1.807, 2.05) is 29.3 Å². The third-order valence-electron chi connectivity index (χ3n) is 4.50. The van der Waals surface area contributed by atoms with Crippen LogP contribution in [-0.4, -0.2) is 38.4 Å². The Hall–Kier alpha value is -3.09. The van der Waals surface area contributed by atoms with Crippen LogP contribution in [0.5, 0.6) is 0 Å². The first-order chi connectivity index (χ1) is 14.2. The van der Waals surface area contributed by atoms with Crippen molar-refractivity contribution in [3.05, 3.63) is 66.5 Å². The zero-order valence-corrected chi connectivity index (χ0v) is 17.5. The molecule has 154 valence electrons. The van der Waals surface area contributed by atoms with Crippen molar-refractivity contribution >= 4 is 5.96 Å². The Bertz CT molecular complexity index is 876. The fourth-order valence-corrected chi connectivity index (χ4v) is 3.10. The second-order valence-electron chi connectivity index (χ2n) is 7.38. The molecule has 2 N–H and O–H groups in total.